The molecule has 0 spiro atoms. The molecule has 1 aromatic rings. The van der Waals surface area contributed by atoms with E-state index < -0.39 is 0 Å². The van der Waals surface area contributed by atoms with Gasteiger partial charge in [-0.1, -0.05) is 30.7 Å². The minimum atomic E-state index is 0.957. The maximum atomic E-state index is 3.54. The summed E-state index contributed by atoms with van der Waals surface area (Å²) in [5.74, 6) is 0.957. The summed E-state index contributed by atoms with van der Waals surface area (Å²) in [5, 5.41) is 3.54. The Morgan fingerprint density at radius 1 is 1.29 bits per heavy atom. The molecule has 0 aromatic heterocycles. The minimum absolute atomic E-state index is 0.957. The van der Waals surface area contributed by atoms with Crippen molar-refractivity contribution in [1.82, 2.24) is 5.32 Å². The van der Waals surface area contributed by atoms with Crippen LogP contribution in [0.3, 0.4) is 0 Å². The van der Waals surface area contributed by atoms with E-state index in [1.807, 2.05) is 0 Å². The zero-order valence-corrected chi connectivity index (χ0v) is 8.92. The van der Waals surface area contributed by atoms with Gasteiger partial charge in [0.15, 0.2) is 0 Å². The van der Waals surface area contributed by atoms with Gasteiger partial charge in [-0.05, 0) is 43.4 Å². The fourth-order valence-corrected chi connectivity index (χ4v) is 1.92. The minimum Gasteiger partial charge on any atom is -0.312 e. The van der Waals surface area contributed by atoms with Gasteiger partial charge in [0, 0.05) is 6.54 Å². The van der Waals surface area contributed by atoms with Crippen LogP contribution in [0.5, 0.6) is 0 Å². The maximum absolute atomic E-state index is 3.54. The molecular weight excluding hydrogens is 170 g/mol. The summed E-state index contributed by atoms with van der Waals surface area (Å²) >= 11 is 0. The van der Waals surface area contributed by atoms with Crippen LogP contribution in [0.25, 0.3) is 0 Å². The smallest absolute Gasteiger partial charge is 0.0208 e. The fourth-order valence-electron chi connectivity index (χ4n) is 1.92. The lowest BCUT2D eigenvalue weighted by atomic mass is 9.85. The van der Waals surface area contributed by atoms with Crippen LogP contribution in [0.2, 0.25) is 0 Å². The van der Waals surface area contributed by atoms with E-state index in [0.29, 0.717) is 0 Å². The first-order valence-electron chi connectivity index (χ1n) is 5.61. The second-order valence-corrected chi connectivity index (χ2v) is 4.35. The molecule has 0 aliphatic heterocycles. The average molecular weight is 189 g/mol. The van der Waals surface area contributed by atoms with Crippen molar-refractivity contribution in [3.8, 4) is 0 Å². The van der Waals surface area contributed by atoms with Gasteiger partial charge < -0.3 is 5.32 Å². The highest BCUT2D eigenvalue weighted by atomic mass is 14.9. The summed E-state index contributed by atoms with van der Waals surface area (Å²) in [6.45, 7) is 4.41. The third-order valence-corrected chi connectivity index (χ3v) is 3.23. The van der Waals surface area contributed by atoms with Crippen LogP contribution >= 0.6 is 0 Å². The van der Waals surface area contributed by atoms with E-state index in [-0.39, 0.29) is 0 Å². The number of hydrogen-bond acceptors (Lipinski definition) is 1. The van der Waals surface area contributed by atoms with E-state index in [9.17, 15) is 0 Å². The van der Waals surface area contributed by atoms with Gasteiger partial charge in [0.05, 0.1) is 0 Å². The molecular formula is C13H19N. The SMILES string of the molecule is Cc1ccccc1CNCC1CCC1. The zero-order valence-electron chi connectivity index (χ0n) is 8.92. The third kappa shape index (κ3) is 2.36. The first kappa shape index (κ1) is 9.72. The van der Waals surface area contributed by atoms with Crippen LogP contribution in [0.1, 0.15) is 30.4 Å². The molecule has 0 atom stereocenters. The van der Waals surface area contributed by atoms with Gasteiger partial charge in [-0.15, -0.1) is 0 Å². The van der Waals surface area contributed by atoms with E-state index in [1.165, 1.54) is 36.9 Å². The second-order valence-electron chi connectivity index (χ2n) is 4.35. The highest BCUT2D eigenvalue weighted by Gasteiger charge is 2.16. The van der Waals surface area contributed by atoms with Crippen molar-refractivity contribution >= 4 is 0 Å². The largest absolute Gasteiger partial charge is 0.312 e. The van der Waals surface area contributed by atoms with Crippen molar-refractivity contribution in [1.29, 1.82) is 0 Å². The first-order valence-corrected chi connectivity index (χ1v) is 5.61. The molecule has 1 saturated carbocycles. The summed E-state index contributed by atoms with van der Waals surface area (Å²) in [6.07, 6.45) is 4.30. The normalized spacial score (nSPS) is 16.6. The highest BCUT2D eigenvalue weighted by molar-refractivity contribution is 5.25. The Balaban J connectivity index is 1.76. The van der Waals surface area contributed by atoms with Crippen molar-refractivity contribution in [2.45, 2.75) is 32.7 Å². The zero-order chi connectivity index (χ0) is 9.80. The van der Waals surface area contributed by atoms with Crippen LogP contribution in [-0.4, -0.2) is 6.54 Å². The summed E-state index contributed by atoms with van der Waals surface area (Å²) in [7, 11) is 0. The number of aryl methyl sites for hydroxylation is 1. The van der Waals surface area contributed by atoms with Crippen molar-refractivity contribution in [2.75, 3.05) is 6.54 Å². The molecule has 1 fully saturated rings. The Bertz CT molecular complexity index is 289. The molecule has 76 valence electrons. The Hall–Kier alpha value is -0.820. The quantitative estimate of drug-likeness (QED) is 0.768. The van der Waals surface area contributed by atoms with Gasteiger partial charge in [0.25, 0.3) is 0 Å². The predicted octanol–water partition coefficient (Wildman–Crippen LogP) is 2.88. The van der Waals surface area contributed by atoms with E-state index in [2.05, 4.69) is 36.5 Å². The summed E-state index contributed by atoms with van der Waals surface area (Å²) in [6, 6.07) is 8.61. The predicted molar refractivity (Wildman–Crippen MR) is 60.2 cm³/mol. The molecule has 1 heteroatoms. The number of nitrogens with one attached hydrogen (secondary N) is 1. The van der Waals surface area contributed by atoms with Gasteiger partial charge in [-0.2, -0.15) is 0 Å². The Kier molecular flexibility index (Phi) is 3.20. The van der Waals surface area contributed by atoms with Crippen molar-refractivity contribution in [3.05, 3.63) is 35.4 Å². The Morgan fingerprint density at radius 3 is 2.71 bits per heavy atom. The number of benzene rings is 1. The van der Waals surface area contributed by atoms with Crippen molar-refractivity contribution in [3.63, 3.8) is 0 Å². The Labute approximate surface area is 86.5 Å². The molecule has 0 saturated heterocycles. The summed E-state index contributed by atoms with van der Waals surface area (Å²) in [5.41, 5.74) is 2.83. The molecule has 1 aliphatic rings. The standard InChI is InChI=1S/C13H19N/c1-11-5-2-3-8-13(11)10-14-9-12-6-4-7-12/h2-3,5,8,12,14H,4,6-7,9-10H2,1H3. The van der Waals surface area contributed by atoms with Crippen LogP contribution in [-0.2, 0) is 6.54 Å². The first-order chi connectivity index (χ1) is 6.86. The molecule has 1 aromatic carbocycles. The van der Waals surface area contributed by atoms with Gasteiger partial charge in [0.1, 0.15) is 0 Å². The lowest BCUT2D eigenvalue weighted by molar-refractivity contribution is 0.301. The number of hydrogen-bond donors (Lipinski definition) is 1. The van der Waals surface area contributed by atoms with E-state index >= 15 is 0 Å². The van der Waals surface area contributed by atoms with Gasteiger partial charge >= 0.3 is 0 Å². The molecule has 1 N–H and O–H groups in total. The average Bonchev–Trinajstić information content (AvgIpc) is 2.12. The summed E-state index contributed by atoms with van der Waals surface area (Å²) in [4.78, 5) is 0. The Morgan fingerprint density at radius 2 is 2.07 bits per heavy atom. The molecule has 0 heterocycles. The lowest BCUT2D eigenvalue weighted by Crippen LogP contribution is -2.27. The van der Waals surface area contributed by atoms with E-state index in [1.54, 1.807) is 0 Å². The van der Waals surface area contributed by atoms with Crippen LogP contribution < -0.4 is 5.32 Å². The second kappa shape index (κ2) is 4.61. The lowest BCUT2D eigenvalue weighted by Gasteiger charge is -2.25. The third-order valence-electron chi connectivity index (χ3n) is 3.23. The highest BCUT2D eigenvalue weighted by Crippen LogP contribution is 2.25. The molecule has 0 bridgehead atoms. The molecule has 0 amide bonds. The van der Waals surface area contributed by atoms with E-state index in [0.717, 1.165) is 12.5 Å². The van der Waals surface area contributed by atoms with Crippen LogP contribution in [0.15, 0.2) is 24.3 Å². The fraction of sp³-hybridized carbons (Fsp3) is 0.538. The van der Waals surface area contributed by atoms with Crippen LogP contribution in [0.4, 0.5) is 0 Å². The molecule has 14 heavy (non-hydrogen) atoms. The molecule has 0 radical (unpaired) electrons. The molecule has 0 unspecified atom stereocenters. The monoisotopic (exact) mass is 189 g/mol. The number of rotatable bonds is 4. The van der Waals surface area contributed by atoms with Gasteiger partial charge in [-0.25, -0.2) is 0 Å². The molecule has 1 nitrogen and oxygen atoms in total. The van der Waals surface area contributed by atoms with E-state index in [4.69, 9.17) is 0 Å². The maximum Gasteiger partial charge on any atom is 0.0208 e. The topological polar surface area (TPSA) is 12.0 Å². The molecule has 2 rings (SSSR count). The van der Waals surface area contributed by atoms with Crippen molar-refractivity contribution in [2.24, 2.45) is 5.92 Å². The van der Waals surface area contributed by atoms with Crippen LogP contribution in [0, 0.1) is 12.8 Å². The molecule has 1 aliphatic carbocycles. The van der Waals surface area contributed by atoms with Gasteiger partial charge in [0.2, 0.25) is 0 Å². The summed E-state index contributed by atoms with van der Waals surface area (Å²) < 4.78 is 0. The van der Waals surface area contributed by atoms with Gasteiger partial charge in [-0.3, -0.25) is 0 Å². The van der Waals surface area contributed by atoms with Crippen molar-refractivity contribution < 1.29 is 0 Å².